The summed E-state index contributed by atoms with van der Waals surface area (Å²) >= 11 is 0. The maximum atomic E-state index is 11.9. The summed E-state index contributed by atoms with van der Waals surface area (Å²) in [5.41, 5.74) is 0.359. The summed E-state index contributed by atoms with van der Waals surface area (Å²) in [4.78, 5) is 4.61. The number of nitrogens with one attached hydrogen (secondary N) is 2. The van der Waals surface area contributed by atoms with Gasteiger partial charge in [-0.15, -0.1) is 24.0 Å². The maximum Gasteiger partial charge on any atom is 0.411 e. The molecule has 1 fully saturated rings. The molecule has 2 N–H and O–H groups in total. The van der Waals surface area contributed by atoms with Gasteiger partial charge in [0.1, 0.15) is 6.61 Å². The summed E-state index contributed by atoms with van der Waals surface area (Å²) in [6, 6.07) is 0. The molecule has 1 rings (SSSR count). The van der Waals surface area contributed by atoms with E-state index in [0.29, 0.717) is 18.4 Å². The predicted octanol–water partition coefficient (Wildman–Crippen LogP) is 3.71. The van der Waals surface area contributed by atoms with Gasteiger partial charge < -0.3 is 15.4 Å². The summed E-state index contributed by atoms with van der Waals surface area (Å²) in [6.07, 6.45) is 1.15. The third-order valence-electron chi connectivity index (χ3n) is 4.10. The third kappa shape index (κ3) is 9.59. The number of nitrogens with zero attached hydrogens (tertiary/aromatic N) is 1. The Balaban J connectivity index is 0.00000484. The van der Waals surface area contributed by atoms with Crippen LogP contribution >= 0.6 is 24.0 Å². The van der Waals surface area contributed by atoms with Crippen molar-refractivity contribution in [3.8, 4) is 0 Å². The second-order valence-electron chi connectivity index (χ2n) is 5.85. The second kappa shape index (κ2) is 11.3. The lowest BCUT2D eigenvalue weighted by Crippen LogP contribution is -2.40. The van der Waals surface area contributed by atoms with Crippen LogP contribution < -0.4 is 10.6 Å². The van der Waals surface area contributed by atoms with Crippen molar-refractivity contribution in [3.63, 3.8) is 0 Å². The third-order valence-corrected chi connectivity index (χ3v) is 4.10. The molecule has 138 valence electrons. The van der Waals surface area contributed by atoms with E-state index in [-0.39, 0.29) is 30.6 Å². The average molecular weight is 451 g/mol. The molecule has 1 aliphatic carbocycles. The van der Waals surface area contributed by atoms with Crippen molar-refractivity contribution in [3.05, 3.63) is 0 Å². The standard InChI is InChI=1S/C15H28F3N3O.HI/c1-3-14(7-5-8-14)11-21-13(19-4-2)20-9-6-10-22-12-15(16,17)18;/h3-12H2,1-2H3,(H2,19,20,21);1H. The van der Waals surface area contributed by atoms with Crippen molar-refractivity contribution in [1.29, 1.82) is 0 Å². The lowest BCUT2D eigenvalue weighted by molar-refractivity contribution is -0.173. The monoisotopic (exact) mass is 451 g/mol. The smallest absolute Gasteiger partial charge is 0.372 e. The van der Waals surface area contributed by atoms with Gasteiger partial charge in [-0.1, -0.05) is 13.3 Å². The van der Waals surface area contributed by atoms with E-state index in [4.69, 9.17) is 0 Å². The number of guanidine groups is 1. The number of ether oxygens (including phenoxy) is 1. The first-order valence-electron chi connectivity index (χ1n) is 8.07. The van der Waals surface area contributed by atoms with Crippen molar-refractivity contribution < 1.29 is 17.9 Å². The Labute approximate surface area is 154 Å². The summed E-state index contributed by atoms with van der Waals surface area (Å²) < 4.78 is 40.3. The average Bonchev–Trinajstić information content (AvgIpc) is 2.40. The van der Waals surface area contributed by atoms with Crippen LogP contribution in [-0.4, -0.2) is 45.0 Å². The molecule has 0 aliphatic heterocycles. The molecular formula is C15H29F3IN3O. The second-order valence-corrected chi connectivity index (χ2v) is 5.85. The zero-order chi connectivity index (χ0) is 16.5. The predicted molar refractivity (Wildman–Crippen MR) is 97.5 cm³/mol. The van der Waals surface area contributed by atoms with Gasteiger partial charge in [0.05, 0.1) is 0 Å². The van der Waals surface area contributed by atoms with Gasteiger partial charge in [0, 0.05) is 26.2 Å². The molecule has 4 nitrogen and oxygen atoms in total. The molecule has 0 atom stereocenters. The lowest BCUT2D eigenvalue weighted by Gasteiger charge is -2.40. The van der Waals surface area contributed by atoms with Gasteiger partial charge in [-0.05, 0) is 38.0 Å². The first-order valence-corrected chi connectivity index (χ1v) is 8.07. The molecule has 0 unspecified atom stereocenters. The van der Waals surface area contributed by atoms with Crippen LogP contribution in [0.1, 0.15) is 46.0 Å². The van der Waals surface area contributed by atoms with E-state index < -0.39 is 12.8 Å². The topological polar surface area (TPSA) is 45.7 Å². The van der Waals surface area contributed by atoms with Crippen LogP contribution in [0.25, 0.3) is 0 Å². The molecule has 0 aromatic carbocycles. The highest BCUT2D eigenvalue weighted by molar-refractivity contribution is 14.0. The first-order chi connectivity index (χ1) is 10.4. The van der Waals surface area contributed by atoms with Gasteiger partial charge in [-0.2, -0.15) is 13.2 Å². The van der Waals surface area contributed by atoms with Gasteiger partial charge in [-0.25, -0.2) is 0 Å². The number of hydrogen-bond donors (Lipinski definition) is 2. The van der Waals surface area contributed by atoms with Gasteiger partial charge in [0.2, 0.25) is 0 Å². The summed E-state index contributed by atoms with van der Waals surface area (Å²) in [7, 11) is 0. The fourth-order valence-electron chi connectivity index (χ4n) is 2.46. The van der Waals surface area contributed by atoms with Crippen LogP contribution in [0.5, 0.6) is 0 Å². The Kier molecular flexibility index (Phi) is 11.2. The molecular weight excluding hydrogens is 422 g/mol. The minimum Gasteiger partial charge on any atom is -0.372 e. The maximum absolute atomic E-state index is 11.9. The molecule has 0 spiro atoms. The van der Waals surface area contributed by atoms with E-state index >= 15 is 0 Å². The van der Waals surface area contributed by atoms with E-state index in [1.165, 1.54) is 19.3 Å². The van der Waals surface area contributed by atoms with Crippen molar-refractivity contribution >= 4 is 29.9 Å². The van der Waals surface area contributed by atoms with Crippen LogP contribution in [0.3, 0.4) is 0 Å². The van der Waals surface area contributed by atoms with Crippen molar-refractivity contribution in [2.45, 2.75) is 52.1 Å². The van der Waals surface area contributed by atoms with Crippen LogP contribution in [0, 0.1) is 5.41 Å². The highest BCUT2D eigenvalue weighted by Gasteiger charge is 2.34. The lowest BCUT2D eigenvalue weighted by atomic mass is 9.67. The Morgan fingerprint density at radius 3 is 2.39 bits per heavy atom. The summed E-state index contributed by atoms with van der Waals surface area (Å²) in [6.45, 7) is 5.21. The fourth-order valence-corrected chi connectivity index (χ4v) is 2.46. The quantitative estimate of drug-likeness (QED) is 0.243. The van der Waals surface area contributed by atoms with E-state index in [2.05, 4.69) is 27.3 Å². The molecule has 0 aromatic rings. The van der Waals surface area contributed by atoms with E-state index in [9.17, 15) is 13.2 Å². The number of aliphatic imine (C=N–C) groups is 1. The molecule has 0 bridgehead atoms. The van der Waals surface area contributed by atoms with Gasteiger partial charge >= 0.3 is 6.18 Å². The largest absolute Gasteiger partial charge is 0.411 e. The highest BCUT2D eigenvalue weighted by Crippen LogP contribution is 2.43. The summed E-state index contributed by atoms with van der Waals surface area (Å²) in [5, 5.41) is 6.30. The van der Waals surface area contributed by atoms with Crippen molar-refractivity contribution in [2.75, 3.05) is 32.8 Å². The summed E-state index contributed by atoms with van der Waals surface area (Å²) in [5.74, 6) is 0.734. The van der Waals surface area contributed by atoms with Crippen molar-refractivity contribution in [1.82, 2.24) is 10.6 Å². The van der Waals surface area contributed by atoms with Crippen LogP contribution in [0.2, 0.25) is 0 Å². The molecule has 1 aliphatic rings. The zero-order valence-corrected chi connectivity index (χ0v) is 16.3. The molecule has 0 aromatic heterocycles. The number of rotatable bonds is 9. The molecule has 0 heterocycles. The Morgan fingerprint density at radius 2 is 1.91 bits per heavy atom. The van der Waals surface area contributed by atoms with Gasteiger partial charge in [0.25, 0.3) is 0 Å². The minimum atomic E-state index is -4.25. The van der Waals surface area contributed by atoms with Gasteiger partial charge in [0.15, 0.2) is 5.96 Å². The first kappa shape index (κ1) is 22.8. The van der Waals surface area contributed by atoms with E-state index in [0.717, 1.165) is 25.5 Å². The molecule has 0 radical (unpaired) electrons. The molecule has 0 saturated heterocycles. The molecule has 0 amide bonds. The van der Waals surface area contributed by atoms with Crippen LogP contribution in [0.4, 0.5) is 13.2 Å². The Bertz CT molecular complexity index is 342. The Morgan fingerprint density at radius 1 is 1.22 bits per heavy atom. The number of hydrogen-bond acceptors (Lipinski definition) is 2. The fraction of sp³-hybridized carbons (Fsp3) is 0.933. The van der Waals surface area contributed by atoms with Crippen LogP contribution in [0.15, 0.2) is 4.99 Å². The van der Waals surface area contributed by atoms with Crippen molar-refractivity contribution in [2.24, 2.45) is 10.4 Å². The highest BCUT2D eigenvalue weighted by atomic mass is 127. The number of alkyl halides is 3. The van der Waals surface area contributed by atoms with Gasteiger partial charge in [-0.3, -0.25) is 4.99 Å². The van der Waals surface area contributed by atoms with E-state index in [1.807, 2.05) is 6.92 Å². The van der Waals surface area contributed by atoms with E-state index in [1.54, 1.807) is 0 Å². The molecule has 1 saturated carbocycles. The molecule has 23 heavy (non-hydrogen) atoms. The zero-order valence-electron chi connectivity index (χ0n) is 14.0. The van der Waals surface area contributed by atoms with Crippen LogP contribution in [-0.2, 0) is 4.74 Å². The minimum absolute atomic E-state index is 0. The Hall–Kier alpha value is -0.250. The normalized spacial score (nSPS) is 17.2. The SMILES string of the molecule is CCNC(=NCC1(CC)CCC1)NCCCOCC(F)(F)F.I. The number of halogens is 4. The molecule has 8 heteroatoms.